The van der Waals surface area contributed by atoms with Gasteiger partial charge in [0.25, 0.3) is 5.91 Å². The number of sulfonamides is 1. The number of rotatable bonds is 11. The second-order valence-electron chi connectivity index (χ2n) is 12.5. The topological polar surface area (TPSA) is 135 Å². The highest BCUT2D eigenvalue weighted by molar-refractivity contribution is 7.93. The van der Waals surface area contributed by atoms with E-state index in [1.165, 1.54) is 37.4 Å². The number of hydrogen-bond donors (Lipinski definition) is 3. The number of benzene rings is 1. The predicted octanol–water partition coefficient (Wildman–Crippen LogP) is 7.83. The molecule has 1 aliphatic rings. The molecule has 272 valence electrons. The Kier molecular flexibility index (Phi) is 20.7. The van der Waals surface area contributed by atoms with Crippen molar-refractivity contribution in [2.24, 2.45) is 5.41 Å². The molecule has 1 aromatic carbocycles. The molecule has 0 fully saturated rings. The number of aromatic hydroxyl groups is 1. The number of nitrogens with one attached hydrogen (secondary N) is 2. The summed E-state index contributed by atoms with van der Waals surface area (Å²) in [6.45, 7) is 20.5. The van der Waals surface area contributed by atoms with Gasteiger partial charge in [-0.05, 0) is 76.1 Å². The second-order valence-corrected chi connectivity index (χ2v) is 14.9. The van der Waals surface area contributed by atoms with E-state index < -0.39 is 32.7 Å². The van der Waals surface area contributed by atoms with Crippen molar-refractivity contribution >= 4 is 21.7 Å². The van der Waals surface area contributed by atoms with E-state index in [1.54, 1.807) is 25.1 Å². The van der Waals surface area contributed by atoms with E-state index in [-0.39, 0.29) is 23.2 Å². The van der Waals surface area contributed by atoms with Gasteiger partial charge in [-0.25, -0.2) is 22.2 Å². The first-order chi connectivity index (χ1) is 22.9. The van der Waals surface area contributed by atoms with E-state index in [4.69, 9.17) is 10.4 Å². The standard InChI is InChI=1S/C26H42N4O3S.C6H4F2O.C3H6.C2H3N/c1-8-20(3)34(32,33)30(7)24-17-22(13-15-28-24)25(31)29-19(2)12-14-27-18-21-10-9-11-23(16-21)26(4,5)6;7-4-1-5(8)3-6(9)2-4;1-3-2;1-2-3/h10,13,15-17,19-20,27H,8-9,11-12,14,18H2,1-7H3,(H,29,31);1-3,9H;3H,1H2,2H3;1H3/t19-,20?;;;/m0.../s1. The molecule has 12 heteroatoms. The fraction of sp³-hybridized carbons (Fsp3) is 0.486. The number of phenols is 1. The SMILES string of the molecule is C=CC.CC#N.CCC(C)S(=O)(=O)N(C)c1cc(C(=O)N[C@@H](C)CCNCC2=CCCC(C(C)(C)C)=C2)ccn1.Oc1cc(F)cc(F)c1. The van der Waals surface area contributed by atoms with Crippen LogP contribution >= 0.6 is 0 Å². The maximum Gasteiger partial charge on any atom is 0.251 e. The summed E-state index contributed by atoms with van der Waals surface area (Å²) in [5, 5.41) is 21.8. The molecule has 3 rings (SSSR count). The molecule has 0 aliphatic heterocycles. The van der Waals surface area contributed by atoms with Crippen LogP contribution in [0.3, 0.4) is 0 Å². The average molecular weight is 704 g/mol. The zero-order chi connectivity index (χ0) is 37.8. The summed E-state index contributed by atoms with van der Waals surface area (Å²) in [6, 6.07) is 7.21. The van der Waals surface area contributed by atoms with Gasteiger partial charge in [-0.2, -0.15) is 5.26 Å². The Morgan fingerprint density at radius 1 is 1.20 bits per heavy atom. The molecule has 2 atom stereocenters. The van der Waals surface area contributed by atoms with Crippen LogP contribution in [0.15, 0.2) is 72.5 Å². The maximum atomic E-state index is 12.7. The monoisotopic (exact) mass is 703 g/mol. The van der Waals surface area contributed by atoms with E-state index in [0.29, 0.717) is 18.1 Å². The van der Waals surface area contributed by atoms with Gasteiger partial charge >= 0.3 is 0 Å². The van der Waals surface area contributed by atoms with Gasteiger partial charge in [0, 0.05) is 56.5 Å². The van der Waals surface area contributed by atoms with Gasteiger partial charge in [0.15, 0.2) is 0 Å². The van der Waals surface area contributed by atoms with Crippen LogP contribution in [-0.4, -0.2) is 55.8 Å². The summed E-state index contributed by atoms with van der Waals surface area (Å²) in [5.41, 5.74) is 3.42. The van der Waals surface area contributed by atoms with Crippen LogP contribution in [-0.2, 0) is 10.0 Å². The van der Waals surface area contributed by atoms with Crippen molar-refractivity contribution in [2.75, 3.05) is 24.4 Å². The molecule has 1 amide bonds. The highest BCUT2D eigenvalue weighted by atomic mass is 32.2. The van der Waals surface area contributed by atoms with E-state index in [0.717, 1.165) is 48.8 Å². The van der Waals surface area contributed by atoms with Crippen molar-refractivity contribution in [3.63, 3.8) is 0 Å². The lowest BCUT2D eigenvalue weighted by molar-refractivity contribution is 0.0938. The second kappa shape index (κ2) is 22.5. The zero-order valence-corrected chi connectivity index (χ0v) is 31.3. The summed E-state index contributed by atoms with van der Waals surface area (Å²) in [4.78, 5) is 16.9. The van der Waals surface area contributed by atoms with E-state index in [1.807, 2.05) is 20.8 Å². The number of anilines is 1. The first kappa shape index (κ1) is 44.9. The van der Waals surface area contributed by atoms with E-state index in [9.17, 15) is 22.0 Å². The molecule has 2 aromatic rings. The number of phenolic OH excluding ortho intramolecular Hbond substituents is 1. The lowest BCUT2D eigenvalue weighted by atomic mass is 9.80. The fourth-order valence-corrected chi connectivity index (χ4v) is 5.62. The normalized spacial score (nSPS) is 13.5. The molecule has 49 heavy (non-hydrogen) atoms. The quantitative estimate of drug-likeness (QED) is 0.160. The fourth-order valence-electron chi connectivity index (χ4n) is 4.30. The van der Waals surface area contributed by atoms with Crippen molar-refractivity contribution in [2.45, 2.75) is 92.4 Å². The molecule has 1 aliphatic carbocycles. The molecule has 9 nitrogen and oxygen atoms in total. The minimum atomic E-state index is -3.52. The minimum Gasteiger partial charge on any atom is -0.508 e. The predicted molar refractivity (Wildman–Crippen MR) is 196 cm³/mol. The number of nitrogens with zero attached hydrogens (tertiary/aromatic N) is 3. The van der Waals surface area contributed by atoms with Crippen molar-refractivity contribution in [3.8, 4) is 11.8 Å². The molecule has 0 saturated heterocycles. The number of aromatic nitrogens is 1. The molecule has 0 spiro atoms. The molecule has 0 saturated carbocycles. The Hall–Kier alpha value is -4.08. The van der Waals surface area contributed by atoms with Crippen LogP contribution < -0.4 is 14.9 Å². The summed E-state index contributed by atoms with van der Waals surface area (Å²) < 4.78 is 50.5. The molecule has 1 aromatic heterocycles. The first-order valence-corrected chi connectivity index (χ1v) is 17.8. The van der Waals surface area contributed by atoms with E-state index >= 15 is 0 Å². The van der Waals surface area contributed by atoms with Crippen LogP contribution in [0.4, 0.5) is 14.6 Å². The molecule has 1 heterocycles. The third kappa shape index (κ3) is 17.2. The van der Waals surface area contributed by atoms with Crippen LogP contribution in [0.1, 0.15) is 91.4 Å². The minimum absolute atomic E-state index is 0.0285. The lowest BCUT2D eigenvalue weighted by Gasteiger charge is -2.26. The number of nitriles is 1. The largest absolute Gasteiger partial charge is 0.508 e. The number of carbonyl (C=O) groups is 1. The van der Waals surface area contributed by atoms with Gasteiger partial charge in [-0.15, -0.1) is 6.58 Å². The number of hydrogen-bond acceptors (Lipinski definition) is 7. The van der Waals surface area contributed by atoms with Gasteiger partial charge < -0.3 is 15.7 Å². The van der Waals surface area contributed by atoms with Gasteiger partial charge in [0.2, 0.25) is 10.0 Å². The van der Waals surface area contributed by atoms with Gasteiger partial charge in [-0.1, -0.05) is 51.5 Å². The Labute approximate surface area is 292 Å². The van der Waals surface area contributed by atoms with Crippen molar-refractivity contribution < 1.29 is 27.1 Å². The first-order valence-electron chi connectivity index (χ1n) is 16.3. The highest BCUT2D eigenvalue weighted by Gasteiger charge is 2.26. The maximum absolute atomic E-state index is 12.7. The lowest BCUT2D eigenvalue weighted by Crippen LogP contribution is -2.36. The Morgan fingerprint density at radius 3 is 2.29 bits per heavy atom. The molecule has 0 radical (unpaired) electrons. The van der Waals surface area contributed by atoms with E-state index in [2.05, 4.69) is 55.1 Å². The Morgan fingerprint density at radius 2 is 1.78 bits per heavy atom. The number of amides is 1. The third-order valence-corrected chi connectivity index (χ3v) is 9.55. The zero-order valence-electron chi connectivity index (χ0n) is 30.5. The van der Waals surface area contributed by atoms with Gasteiger partial charge in [0.05, 0.1) is 11.3 Å². The van der Waals surface area contributed by atoms with Crippen molar-refractivity contribution in [1.82, 2.24) is 15.6 Å². The van der Waals surface area contributed by atoms with Crippen LogP contribution in [0, 0.1) is 28.4 Å². The number of pyridine rings is 1. The highest BCUT2D eigenvalue weighted by Crippen LogP contribution is 2.32. The van der Waals surface area contributed by atoms with Gasteiger partial charge in [0.1, 0.15) is 23.2 Å². The number of carbonyl (C=O) groups excluding carboxylic acids is 1. The molecular weight excluding hydrogens is 649 g/mol. The van der Waals surface area contributed by atoms with Gasteiger partial charge in [-0.3, -0.25) is 9.10 Å². The summed E-state index contributed by atoms with van der Waals surface area (Å²) in [6.07, 6.45) is 11.4. The molecule has 1 unspecified atom stereocenters. The van der Waals surface area contributed by atoms with Crippen molar-refractivity contribution in [3.05, 3.63) is 89.7 Å². The number of allylic oxidation sites excluding steroid dienone is 3. The Balaban J connectivity index is 0.00000127. The summed E-state index contributed by atoms with van der Waals surface area (Å²) in [5.74, 6) is -1.93. The molecule has 3 N–H and O–H groups in total. The van der Waals surface area contributed by atoms with Crippen LogP contribution in [0.25, 0.3) is 0 Å². The molecular formula is C37H55F2N5O4S. The summed E-state index contributed by atoms with van der Waals surface area (Å²) >= 11 is 0. The van der Waals surface area contributed by atoms with Crippen LogP contribution in [0.5, 0.6) is 5.75 Å². The van der Waals surface area contributed by atoms with Crippen molar-refractivity contribution in [1.29, 1.82) is 5.26 Å². The van der Waals surface area contributed by atoms with Crippen LogP contribution in [0.2, 0.25) is 0 Å². The Bertz CT molecular complexity index is 1500. The summed E-state index contributed by atoms with van der Waals surface area (Å²) in [7, 11) is -2.05. The average Bonchev–Trinajstić information content (AvgIpc) is 3.02. The third-order valence-electron chi connectivity index (χ3n) is 7.25. The molecule has 0 bridgehead atoms. The smallest absolute Gasteiger partial charge is 0.251 e. The number of halogens is 2.